The minimum absolute atomic E-state index is 0.0384. The van der Waals surface area contributed by atoms with Crippen molar-refractivity contribution in [2.24, 2.45) is 5.92 Å². The zero-order valence-electron chi connectivity index (χ0n) is 19.5. The molecule has 0 amide bonds. The molecule has 1 saturated carbocycles. The Balaban J connectivity index is 1.11. The molecule has 0 atom stereocenters. The maximum absolute atomic E-state index is 13.4. The van der Waals surface area contributed by atoms with Crippen molar-refractivity contribution < 1.29 is 18.7 Å². The molecule has 0 spiro atoms. The van der Waals surface area contributed by atoms with Crippen LogP contribution in [0, 0.1) is 11.7 Å². The number of benzene rings is 1. The maximum Gasteiger partial charge on any atom is 0.308 e. The largest absolute Gasteiger partial charge is 0.466 e. The fraction of sp³-hybridized carbons (Fsp3) is 0.500. The molecule has 0 bridgehead atoms. The van der Waals surface area contributed by atoms with Gasteiger partial charge in [0, 0.05) is 30.9 Å². The molecule has 3 heterocycles. The molecule has 180 valence electrons. The third-order valence-corrected chi connectivity index (χ3v) is 6.91. The molecule has 8 heteroatoms. The summed E-state index contributed by atoms with van der Waals surface area (Å²) in [5, 5.41) is 0. The van der Waals surface area contributed by atoms with Gasteiger partial charge in [-0.15, -0.1) is 0 Å². The number of imidazole rings is 1. The fourth-order valence-corrected chi connectivity index (χ4v) is 5.02. The first kappa shape index (κ1) is 22.8. The molecule has 1 aromatic carbocycles. The van der Waals surface area contributed by atoms with Gasteiger partial charge in [-0.25, -0.2) is 14.4 Å². The van der Waals surface area contributed by atoms with Crippen LogP contribution in [0.15, 0.2) is 36.5 Å². The zero-order chi connectivity index (χ0) is 23.5. The summed E-state index contributed by atoms with van der Waals surface area (Å²) in [5.41, 5.74) is 2.28. The van der Waals surface area contributed by atoms with Crippen molar-refractivity contribution in [1.29, 1.82) is 0 Å². The second-order valence-electron chi connectivity index (χ2n) is 9.20. The highest BCUT2D eigenvalue weighted by atomic mass is 19.1. The molecule has 0 radical (unpaired) electrons. The van der Waals surface area contributed by atoms with Gasteiger partial charge < -0.3 is 19.4 Å². The smallest absolute Gasteiger partial charge is 0.308 e. The lowest BCUT2D eigenvalue weighted by Crippen LogP contribution is -2.39. The maximum atomic E-state index is 13.4. The molecule has 1 aliphatic carbocycles. The normalized spacial score (nSPS) is 21.6. The first-order chi connectivity index (χ1) is 16.6. The standard InChI is InChI=1S/C26H31FN4O3/c1-2-33-26(32)17-3-7-20(8-4-17)34-21-11-13-31(14-12-21)24-10-5-18(16-28-24)25-29-22-9-6-19(27)15-23(22)30-25/h5-6,9-10,15-17,20-21H,2-4,7-8,11-14H2,1H3,(H,29,30). The predicted octanol–water partition coefficient (Wildman–Crippen LogP) is 4.87. The average molecular weight is 467 g/mol. The number of halogens is 1. The second-order valence-corrected chi connectivity index (χ2v) is 9.20. The van der Waals surface area contributed by atoms with Crippen LogP contribution in [0.5, 0.6) is 0 Å². The number of ether oxygens (including phenoxy) is 2. The summed E-state index contributed by atoms with van der Waals surface area (Å²) in [6.45, 7) is 4.11. The van der Waals surface area contributed by atoms with E-state index >= 15 is 0 Å². The van der Waals surface area contributed by atoms with Crippen LogP contribution in [0.2, 0.25) is 0 Å². The van der Waals surface area contributed by atoms with Gasteiger partial charge >= 0.3 is 5.97 Å². The summed E-state index contributed by atoms with van der Waals surface area (Å²) < 4.78 is 25.0. The third-order valence-electron chi connectivity index (χ3n) is 6.91. The SMILES string of the molecule is CCOC(=O)C1CCC(OC2CCN(c3ccc(-c4nc5cc(F)ccc5[nH]4)cn3)CC2)CC1. The fourth-order valence-electron chi connectivity index (χ4n) is 5.02. The lowest BCUT2D eigenvalue weighted by atomic mass is 9.87. The molecule has 7 nitrogen and oxygen atoms in total. The van der Waals surface area contributed by atoms with E-state index in [2.05, 4.69) is 19.9 Å². The van der Waals surface area contributed by atoms with Crippen molar-refractivity contribution in [3.63, 3.8) is 0 Å². The van der Waals surface area contributed by atoms with E-state index in [0.29, 0.717) is 17.9 Å². The van der Waals surface area contributed by atoms with Crippen molar-refractivity contribution in [1.82, 2.24) is 15.0 Å². The van der Waals surface area contributed by atoms with E-state index in [1.165, 1.54) is 12.1 Å². The summed E-state index contributed by atoms with van der Waals surface area (Å²) in [6.07, 6.45) is 7.84. The Morgan fingerprint density at radius 2 is 1.85 bits per heavy atom. The summed E-state index contributed by atoms with van der Waals surface area (Å²) >= 11 is 0. The molecule has 3 aromatic rings. The van der Waals surface area contributed by atoms with Crippen LogP contribution in [-0.2, 0) is 14.3 Å². The number of hydrogen-bond acceptors (Lipinski definition) is 6. The highest BCUT2D eigenvalue weighted by molar-refractivity contribution is 5.79. The van der Waals surface area contributed by atoms with Gasteiger partial charge in [0.2, 0.25) is 0 Å². The number of anilines is 1. The van der Waals surface area contributed by atoms with E-state index in [4.69, 9.17) is 9.47 Å². The minimum atomic E-state index is -0.296. The number of pyridine rings is 1. The van der Waals surface area contributed by atoms with Gasteiger partial charge in [0.25, 0.3) is 0 Å². The minimum Gasteiger partial charge on any atom is -0.466 e. The number of rotatable bonds is 6. The Morgan fingerprint density at radius 3 is 2.56 bits per heavy atom. The van der Waals surface area contributed by atoms with E-state index < -0.39 is 0 Å². The van der Waals surface area contributed by atoms with Crippen molar-refractivity contribution in [3.8, 4) is 11.4 Å². The topological polar surface area (TPSA) is 80.3 Å². The summed E-state index contributed by atoms with van der Waals surface area (Å²) in [5.74, 6) is 1.32. The van der Waals surface area contributed by atoms with Gasteiger partial charge in [-0.05, 0) is 69.7 Å². The number of carbonyl (C=O) groups is 1. The van der Waals surface area contributed by atoms with Crippen LogP contribution < -0.4 is 4.90 Å². The first-order valence-electron chi connectivity index (χ1n) is 12.3. The van der Waals surface area contributed by atoms with Crippen LogP contribution in [0.4, 0.5) is 10.2 Å². The van der Waals surface area contributed by atoms with E-state index in [-0.39, 0.29) is 29.9 Å². The Labute approximate surface area is 198 Å². The van der Waals surface area contributed by atoms with Crippen LogP contribution >= 0.6 is 0 Å². The second kappa shape index (κ2) is 10.1. The molecule has 1 saturated heterocycles. The summed E-state index contributed by atoms with van der Waals surface area (Å²) in [7, 11) is 0. The monoisotopic (exact) mass is 466 g/mol. The number of carbonyl (C=O) groups excluding carboxylic acids is 1. The molecule has 5 rings (SSSR count). The first-order valence-corrected chi connectivity index (χ1v) is 12.3. The number of piperidine rings is 1. The van der Waals surface area contributed by atoms with Crippen LogP contribution in [0.1, 0.15) is 45.4 Å². The number of aromatic amines is 1. The van der Waals surface area contributed by atoms with E-state index in [9.17, 15) is 9.18 Å². The number of aromatic nitrogens is 3. The molecule has 2 aromatic heterocycles. The van der Waals surface area contributed by atoms with Gasteiger partial charge in [-0.2, -0.15) is 0 Å². The molecule has 0 unspecified atom stereocenters. The lowest BCUT2D eigenvalue weighted by Gasteiger charge is -2.36. The van der Waals surface area contributed by atoms with Crippen LogP contribution in [-0.4, -0.2) is 52.8 Å². The zero-order valence-corrected chi connectivity index (χ0v) is 19.5. The number of fused-ring (bicyclic) bond motifs is 1. The Morgan fingerprint density at radius 1 is 1.09 bits per heavy atom. The van der Waals surface area contributed by atoms with Crippen molar-refractivity contribution in [2.45, 2.75) is 57.7 Å². The number of esters is 1. The van der Waals surface area contributed by atoms with E-state index in [1.807, 2.05) is 25.3 Å². The van der Waals surface area contributed by atoms with Crippen molar-refractivity contribution in [2.75, 3.05) is 24.6 Å². The molecule has 1 aliphatic heterocycles. The van der Waals surface area contributed by atoms with Gasteiger partial charge in [0.15, 0.2) is 0 Å². The highest BCUT2D eigenvalue weighted by Gasteiger charge is 2.30. The lowest BCUT2D eigenvalue weighted by molar-refractivity contribution is -0.150. The Kier molecular flexibility index (Phi) is 6.76. The molecular weight excluding hydrogens is 435 g/mol. The van der Waals surface area contributed by atoms with Gasteiger partial charge in [0.05, 0.1) is 35.8 Å². The number of nitrogens with one attached hydrogen (secondary N) is 1. The summed E-state index contributed by atoms with van der Waals surface area (Å²) in [4.78, 5) is 26.6. The summed E-state index contributed by atoms with van der Waals surface area (Å²) in [6, 6.07) is 8.56. The highest BCUT2D eigenvalue weighted by Crippen LogP contribution is 2.30. The predicted molar refractivity (Wildman–Crippen MR) is 128 cm³/mol. The third kappa shape index (κ3) is 5.06. The number of nitrogens with zero attached hydrogens (tertiary/aromatic N) is 3. The molecular formula is C26H31FN4O3. The Bertz CT molecular complexity index is 1120. The van der Waals surface area contributed by atoms with Crippen LogP contribution in [0.25, 0.3) is 22.4 Å². The molecule has 34 heavy (non-hydrogen) atoms. The number of H-pyrrole nitrogens is 1. The van der Waals surface area contributed by atoms with Crippen molar-refractivity contribution in [3.05, 3.63) is 42.3 Å². The van der Waals surface area contributed by atoms with E-state index in [1.54, 1.807) is 6.07 Å². The molecule has 1 N–H and O–H groups in total. The van der Waals surface area contributed by atoms with Crippen LogP contribution in [0.3, 0.4) is 0 Å². The van der Waals surface area contributed by atoms with Crippen molar-refractivity contribution >= 4 is 22.8 Å². The van der Waals surface area contributed by atoms with Gasteiger partial charge in [-0.3, -0.25) is 4.79 Å². The molecule has 2 fully saturated rings. The van der Waals surface area contributed by atoms with Gasteiger partial charge in [0.1, 0.15) is 17.5 Å². The van der Waals surface area contributed by atoms with E-state index in [0.717, 1.165) is 68.5 Å². The quantitative estimate of drug-likeness (QED) is 0.522. The molecule has 2 aliphatic rings. The average Bonchev–Trinajstić information content (AvgIpc) is 3.28. The van der Waals surface area contributed by atoms with Gasteiger partial charge in [-0.1, -0.05) is 0 Å². The number of hydrogen-bond donors (Lipinski definition) is 1. The Hall–Kier alpha value is -3.00.